The number of aromatic hydroxyl groups is 1. The van der Waals surface area contributed by atoms with Gasteiger partial charge in [-0.15, -0.1) is 0 Å². The largest absolute Gasteiger partial charge is 0.510 e. The summed E-state index contributed by atoms with van der Waals surface area (Å²) in [6, 6.07) is 5.18. The number of phenolic OH excluding ortho intramolecular Hbond substituents is 1. The minimum Gasteiger partial charge on any atom is -0.510 e. The molecular weight excluding hydrogens is 510 g/mol. The first-order valence-corrected chi connectivity index (χ1v) is 12.1. The van der Waals surface area contributed by atoms with Gasteiger partial charge in [0.2, 0.25) is 5.78 Å². The number of ketones is 2. The van der Waals surface area contributed by atoms with Gasteiger partial charge < -0.3 is 35.4 Å². The Balaban J connectivity index is 1.68. The van der Waals surface area contributed by atoms with E-state index in [1.54, 1.807) is 32.3 Å². The van der Waals surface area contributed by atoms with Crippen LogP contribution < -0.4 is 5.73 Å². The van der Waals surface area contributed by atoms with Crippen molar-refractivity contribution in [1.29, 1.82) is 0 Å². The predicted molar refractivity (Wildman–Crippen MR) is 136 cm³/mol. The highest BCUT2D eigenvalue weighted by atomic mass is 16.6. The van der Waals surface area contributed by atoms with E-state index in [1.165, 1.54) is 24.3 Å². The van der Waals surface area contributed by atoms with Crippen LogP contribution in [0.25, 0.3) is 11.3 Å². The van der Waals surface area contributed by atoms with Crippen molar-refractivity contribution in [1.82, 2.24) is 4.90 Å². The minimum absolute atomic E-state index is 0.00917. The Labute approximate surface area is 222 Å². The third kappa shape index (κ3) is 3.67. The first-order chi connectivity index (χ1) is 18.4. The van der Waals surface area contributed by atoms with Gasteiger partial charge in [-0.2, -0.15) is 0 Å². The second-order valence-corrected chi connectivity index (χ2v) is 10.1. The molecule has 204 valence electrons. The zero-order chi connectivity index (χ0) is 28.4. The molecule has 1 unspecified atom stereocenters. The lowest BCUT2D eigenvalue weighted by Gasteiger charge is -2.50. The fraction of sp³-hybridized carbons (Fsp3) is 0.333. The predicted octanol–water partition coefficient (Wildman–Crippen LogP) is 1.36. The number of benzene rings is 1. The van der Waals surface area contributed by atoms with E-state index in [0.717, 1.165) is 0 Å². The van der Waals surface area contributed by atoms with Crippen LogP contribution in [-0.4, -0.2) is 81.9 Å². The summed E-state index contributed by atoms with van der Waals surface area (Å²) in [6.45, 7) is 0. The van der Waals surface area contributed by atoms with Crippen LogP contribution in [-0.2, 0) is 20.8 Å². The fourth-order valence-electron chi connectivity index (χ4n) is 6.15. The highest BCUT2D eigenvalue weighted by Crippen LogP contribution is 2.53. The Kier molecular flexibility index (Phi) is 6.11. The topological polar surface area (TPSA) is 196 Å². The number of aliphatic hydroxyl groups excluding tert-OH is 2. The molecule has 2 aromatic rings. The average Bonchev–Trinajstić information content (AvgIpc) is 3.33. The minimum atomic E-state index is -2.69. The molecule has 0 radical (unpaired) electrons. The monoisotopic (exact) mass is 537 g/mol. The maximum atomic E-state index is 13.8. The van der Waals surface area contributed by atoms with Gasteiger partial charge in [-0.05, 0) is 62.7 Å². The molecule has 0 fully saturated rings. The van der Waals surface area contributed by atoms with Crippen molar-refractivity contribution in [3.8, 4) is 17.1 Å². The number of allylic oxidation sites excluding steroid dienone is 1. The van der Waals surface area contributed by atoms with E-state index in [4.69, 9.17) is 10.2 Å². The number of primary amides is 1. The number of carbonyl (C=O) groups excluding carboxylic acids is 3. The molecule has 1 aromatic heterocycles. The lowest BCUT2D eigenvalue weighted by Crippen LogP contribution is -2.63. The van der Waals surface area contributed by atoms with E-state index in [1.807, 2.05) is 0 Å². The van der Waals surface area contributed by atoms with Crippen LogP contribution in [0.4, 0.5) is 0 Å². The van der Waals surface area contributed by atoms with Gasteiger partial charge >= 0.3 is 0 Å². The molecular formula is C27H27N3O9. The fourth-order valence-corrected chi connectivity index (χ4v) is 6.15. The van der Waals surface area contributed by atoms with Crippen molar-refractivity contribution in [2.75, 3.05) is 21.2 Å². The number of rotatable bonds is 5. The Bertz CT molecular complexity index is 1520. The van der Waals surface area contributed by atoms with Gasteiger partial charge in [0.15, 0.2) is 11.4 Å². The summed E-state index contributed by atoms with van der Waals surface area (Å²) in [4.78, 5) is 45.4. The van der Waals surface area contributed by atoms with E-state index in [9.17, 15) is 34.8 Å². The summed E-state index contributed by atoms with van der Waals surface area (Å²) in [7, 11) is 4.54. The maximum absolute atomic E-state index is 13.8. The molecule has 0 saturated heterocycles. The summed E-state index contributed by atoms with van der Waals surface area (Å²) in [5, 5.41) is 48.2. The third-order valence-electron chi connectivity index (χ3n) is 7.78. The zero-order valence-electron chi connectivity index (χ0n) is 21.3. The van der Waals surface area contributed by atoms with Gasteiger partial charge in [-0.25, -0.2) is 0 Å². The molecule has 3 aliphatic carbocycles. The standard InChI is InChI=1S/C27H27N3O9/c1-30(2)21-15-9-11-8-14-13(17-7-4-12(39-17)10-29-38-3)5-6-16(31)19(14)22(32)18(11)24(34)27(15,37)25(35)20(23(21)33)26(28)36/h4-7,10-11,15,21,31,33-34,37H,8-9H2,1-3H3,(H2,28,36)/b29-10+/t11-,15-,21?,27+/m0/s1. The van der Waals surface area contributed by atoms with Crippen LogP contribution in [0, 0.1) is 11.8 Å². The molecule has 12 heteroatoms. The SMILES string of the molecule is CO/N=C/c1ccc(-c2ccc(O)c3c2C[C@H]2C[C@H]4C(N(C)C)C(O)=C(C(N)=O)C(=O)[C@]4(O)C(O)=C2C3=O)o1. The lowest BCUT2D eigenvalue weighted by atomic mass is 9.58. The van der Waals surface area contributed by atoms with Crippen molar-refractivity contribution in [3.05, 3.63) is 63.8 Å². The average molecular weight is 538 g/mol. The molecule has 39 heavy (non-hydrogen) atoms. The molecule has 3 aliphatic rings. The molecule has 4 atom stereocenters. The van der Waals surface area contributed by atoms with Crippen LogP contribution >= 0.6 is 0 Å². The number of hydrogen-bond acceptors (Lipinski definition) is 11. The smallest absolute Gasteiger partial charge is 0.255 e. The number of hydrogen-bond donors (Lipinski definition) is 5. The van der Waals surface area contributed by atoms with E-state index in [0.29, 0.717) is 22.6 Å². The van der Waals surface area contributed by atoms with E-state index < -0.39 is 58.0 Å². The molecule has 0 bridgehead atoms. The van der Waals surface area contributed by atoms with Gasteiger partial charge in [0, 0.05) is 17.1 Å². The Morgan fingerprint density at radius 3 is 2.56 bits per heavy atom. The van der Waals surface area contributed by atoms with Crippen molar-refractivity contribution < 1.29 is 44.1 Å². The second-order valence-electron chi connectivity index (χ2n) is 10.1. The summed E-state index contributed by atoms with van der Waals surface area (Å²) in [6.07, 6.45) is 1.50. The van der Waals surface area contributed by atoms with Crippen LogP contribution in [0.5, 0.6) is 5.75 Å². The summed E-state index contributed by atoms with van der Waals surface area (Å²) in [5.74, 6) is -6.23. The van der Waals surface area contributed by atoms with E-state index in [2.05, 4.69) is 9.99 Å². The number of oxime groups is 1. The van der Waals surface area contributed by atoms with E-state index >= 15 is 0 Å². The Morgan fingerprint density at radius 2 is 1.92 bits per heavy atom. The maximum Gasteiger partial charge on any atom is 0.255 e. The summed E-state index contributed by atoms with van der Waals surface area (Å²) >= 11 is 0. The first kappa shape index (κ1) is 26.2. The van der Waals surface area contributed by atoms with Crippen LogP contribution in [0.3, 0.4) is 0 Å². The molecule has 1 aromatic carbocycles. The number of nitrogens with zero attached hydrogens (tertiary/aromatic N) is 2. The number of furan rings is 1. The highest BCUT2D eigenvalue weighted by molar-refractivity contribution is 6.24. The van der Waals surface area contributed by atoms with E-state index in [-0.39, 0.29) is 29.7 Å². The number of amides is 1. The molecule has 0 saturated carbocycles. The number of fused-ring (bicyclic) bond motifs is 3. The van der Waals surface area contributed by atoms with Gasteiger partial charge in [-0.3, -0.25) is 19.3 Å². The normalized spacial score (nSPS) is 26.6. The third-order valence-corrected chi connectivity index (χ3v) is 7.78. The van der Waals surface area contributed by atoms with Gasteiger partial charge in [0.25, 0.3) is 5.91 Å². The van der Waals surface area contributed by atoms with Crippen molar-refractivity contribution >= 4 is 23.7 Å². The van der Waals surface area contributed by atoms with Crippen molar-refractivity contribution in [3.63, 3.8) is 0 Å². The van der Waals surface area contributed by atoms with Gasteiger partial charge in [-0.1, -0.05) is 5.16 Å². The van der Waals surface area contributed by atoms with Gasteiger partial charge in [0.1, 0.15) is 47.7 Å². The summed E-state index contributed by atoms with van der Waals surface area (Å²) in [5.41, 5.74) is 2.47. The number of phenols is 1. The molecule has 1 amide bonds. The zero-order valence-corrected chi connectivity index (χ0v) is 21.3. The van der Waals surface area contributed by atoms with Crippen LogP contribution in [0.1, 0.15) is 28.1 Å². The lowest BCUT2D eigenvalue weighted by molar-refractivity contribution is -0.148. The quantitative estimate of drug-likeness (QED) is 0.211. The molecule has 0 spiro atoms. The number of likely N-dealkylation sites (N-methyl/N-ethyl adjacent to an activating group) is 1. The van der Waals surface area contributed by atoms with Crippen LogP contribution in [0.2, 0.25) is 0 Å². The van der Waals surface area contributed by atoms with Crippen molar-refractivity contribution in [2.24, 2.45) is 22.7 Å². The first-order valence-electron chi connectivity index (χ1n) is 12.1. The molecule has 1 heterocycles. The van der Waals surface area contributed by atoms with Crippen LogP contribution in [0.15, 0.2) is 56.5 Å². The van der Waals surface area contributed by atoms with Gasteiger partial charge in [0.05, 0.1) is 11.6 Å². The second kappa shape index (κ2) is 9.10. The molecule has 5 rings (SSSR count). The number of nitrogens with two attached hydrogens (primary N) is 1. The number of carbonyl (C=O) groups is 3. The molecule has 12 nitrogen and oxygen atoms in total. The number of aliphatic hydroxyl groups is 3. The highest BCUT2D eigenvalue weighted by Gasteiger charge is 2.63. The van der Waals surface area contributed by atoms with Crippen molar-refractivity contribution in [2.45, 2.75) is 24.5 Å². The molecule has 0 aliphatic heterocycles. The Morgan fingerprint density at radius 1 is 1.21 bits per heavy atom. The number of Topliss-reactive ketones (excluding diaryl/α,β-unsaturated/α-hetero) is 2. The molecule has 6 N–H and O–H groups in total. The Hall–Kier alpha value is -4.42. The summed E-state index contributed by atoms with van der Waals surface area (Å²) < 4.78 is 5.83.